The Kier molecular flexibility index (Phi) is 6.34. The lowest BCUT2D eigenvalue weighted by Gasteiger charge is -2.24. The highest BCUT2D eigenvalue weighted by molar-refractivity contribution is 6.32. The second-order valence-electron chi connectivity index (χ2n) is 5.34. The minimum atomic E-state index is -0.130. The molecule has 1 fully saturated rings. The van der Waals surface area contributed by atoms with Crippen LogP contribution < -0.4 is 20.1 Å². The molecule has 0 spiro atoms. The summed E-state index contributed by atoms with van der Waals surface area (Å²) < 4.78 is 10.9. The molecule has 122 valence electrons. The van der Waals surface area contributed by atoms with Crippen LogP contribution in [0.1, 0.15) is 36.5 Å². The average Bonchev–Trinajstić information content (AvgIpc) is 2.54. The molecule has 0 atom stereocenters. The third-order valence-corrected chi connectivity index (χ3v) is 3.90. The molecule has 1 aliphatic heterocycles. The van der Waals surface area contributed by atoms with Crippen LogP contribution >= 0.6 is 11.6 Å². The lowest BCUT2D eigenvalue weighted by atomic mass is 10.1. The van der Waals surface area contributed by atoms with Crippen molar-refractivity contribution in [3.8, 4) is 11.5 Å². The van der Waals surface area contributed by atoms with Gasteiger partial charge in [-0.15, -0.1) is 0 Å². The van der Waals surface area contributed by atoms with Gasteiger partial charge in [0.05, 0.1) is 18.7 Å². The van der Waals surface area contributed by atoms with Crippen LogP contribution in [0.4, 0.5) is 0 Å². The Bertz CT molecular complexity index is 516. The van der Waals surface area contributed by atoms with E-state index in [2.05, 4.69) is 10.6 Å². The van der Waals surface area contributed by atoms with Crippen molar-refractivity contribution in [3.63, 3.8) is 0 Å². The number of nitrogens with one attached hydrogen (secondary N) is 2. The highest BCUT2D eigenvalue weighted by Crippen LogP contribution is 2.36. The predicted molar refractivity (Wildman–Crippen MR) is 87.1 cm³/mol. The van der Waals surface area contributed by atoms with E-state index < -0.39 is 0 Å². The second kappa shape index (κ2) is 8.25. The number of halogens is 1. The van der Waals surface area contributed by atoms with Gasteiger partial charge in [-0.2, -0.15) is 0 Å². The Morgan fingerprint density at radius 3 is 2.77 bits per heavy atom. The SMILES string of the molecule is CCCOc1c(Cl)cc(C(=O)NC2CCNCC2)cc1OC. The first-order chi connectivity index (χ1) is 10.7. The molecule has 0 aromatic heterocycles. The van der Waals surface area contributed by atoms with Crippen molar-refractivity contribution < 1.29 is 14.3 Å². The minimum absolute atomic E-state index is 0.130. The summed E-state index contributed by atoms with van der Waals surface area (Å²) in [5, 5.41) is 6.71. The number of amides is 1. The summed E-state index contributed by atoms with van der Waals surface area (Å²) in [5.41, 5.74) is 0.490. The summed E-state index contributed by atoms with van der Waals surface area (Å²) in [4.78, 5) is 12.4. The van der Waals surface area contributed by atoms with Crippen LogP contribution in [-0.4, -0.2) is 38.8 Å². The van der Waals surface area contributed by atoms with E-state index in [0.717, 1.165) is 32.4 Å². The number of ether oxygens (including phenoxy) is 2. The number of carbonyl (C=O) groups is 1. The molecular formula is C16H23ClN2O3. The lowest BCUT2D eigenvalue weighted by molar-refractivity contribution is 0.0929. The second-order valence-corrected chi connectivity index (χ2v) is 5.74. The molecule has 2 N–H and O–H groups in total. The average molecular weight is 327 g/mol. The number of carbonyl (C=O) groups excluding carboxylic acids is 1. The van der Waals surface area contributed by atoms with Gasteiger partial charge in [0.15, 0.2) is 11.5 Å². The molecule has 6 heteroatoms. The number of hydrogen-bond donors (Lipinski definition) is 2. The maximum atomic E-state index is 12.4. The van der Waals surface area contributed by atoms with Crippen molar-refractivity contribution in [2.75, 3.05) is 26.8 Å². The molecule has 0 unspecified atom stereocenters. The van der Waals surface area contributed by atoms with Gasteiger partial charge in [0.2, 0.25) is 0 Å². The number of rotatable bonds is 6. The zero-order valence-electron chi connectivity index (χ0n) is 13.1. The summed E-state index contributed by atoms with van der Waals surface area (Å²) in [6.45, 7) is 4.43. The van der Waals surface area contributed by atoms with Crippen molar-refractivity contribution in [1.82, 2.24) is 10.6 Å². The van der Waals surface area contributed by atoms with E-state index in [4.69, 9.17) is 21.1 Å². The van der Waals surface area contributed by atoms with E-state index >= 15 is 0 Å². The van der Waals surface area contributed by atoms with Gasteiger partial charge in [-0.3, -0.25) is 4.79 Å². The molecule has 1 aromatic rings. The van der Waals surface area contributed by atoms with E-state index in [1.165, 1.54) is 0 Å². The Labute approximate surface area is 136 Å². The zero-order valence-corrected chi connectivity index (χ0v) is 13.8. The van der Waals surface area contributed by atoms with Crippen LogP contribution in [-0.2, 0) is 0 Å². The maximum Gasteiger partial charge on any atom is 0.251 e. The van der Waals surface area contributed by atoms with Crippen molar-refractivity contribution in [3.05, 3.63) is 22.7 Å². The van der Waals surface area contributed by atoms with Crippen LogP contribution in [0.15, 0.2) is 12.1 Å². The van der Waals surface area contributed by atoms with Gasteiger partial charge in [-0.25, -0.2) is 0 Å². The monoisotopic (exact) mass is 326 g/mol. The molecule has 0 saturated carbocycles. The molecule has 2 rings (SSSR count). The Morgan fingerprint density at radius 1 is 1.41 bits per heavy atom. The van der Waals surface area contributed by atoms with Crippen LogP contribution in [0.5, 0.6) is 11.5 Å². The largest absolute Gasteiger partial charge is 0.493 e. The third kappa shape index (κ3) is 4.27. The molecule has 0 radical (unpaired) electrons. The number of methoxy groups -OCH3 is 1. The summed E-state index contributed by atoms with van der Waals surface area (Å²) in [6, 6.07) is 3.51. The molecule has 5 nitrogen and oxygen atoms in total. The van der Waals surface area contributed by atoms with Gasteiger partial charge in [0, 0.05) is 11.6 Å². The number of piperidine rings is 1. The predicted octanol–water partition coefficient (Wildman–Crippen LogP) is 2.62. The van der Waals surface area contributed by atoms with Crippen molar-refractivity contribution >= 4 is 17.5 Å². The third-order valence-electron chi connectivity index (χ3n) is 3.62. The molecule has 1 saturated heterocycles. The van der Waals surface area contributed by atoms with Gasteiger partial charge < -0.3 is 20.1 Å². The minimum Gasteiger partial charge on any atom is -0.493 e. The molecular weight excluding hydrogens is 304 g/mol. The van der Waals surface area contributed by atoms with Gasteiger partial charge in [-0.1, -0.05) is 18.5 Å². The van der Waals surface area contributed by atoms with Gasteiger partial charge in [0.1, 0.15) is 0 Å². The first kappa shape index (κ1) is 16.9. The molecule has 22 heavy (non-hydrogen) atoms. The van der Waals surface area contributed by atoms with Gasteiger partial charge in [-0.05, 0) is 44.5 Å². The first-order valence-electron chi connectivity index (χ1n) is 7.67. The van der Waals surface area contributed by atoms with E-state index in [0.29, 0.717) is 28.7 Å². The van der Waals surface area contributed by atoms with Crippen LogP contribution in [0.25, 0.3) is 0 Å². The Morgan fingerprint density at radius 2 is 2.14 bits per heavy atom. The summed E-state index contributed by atoms with van der Waals surface area (Å²) >= 11 is 6.24. The fraction of sp³-hybridized carbons (Fsp3) is 0.562. The summed E-state index contributed by atoms with van der Waals surface area (Å²) in [6.07, 6.45) is 2.75. The quantitative estimate of drug-likeness (QED) is 0.843. The van der Waals surface area contributed by atoms with Crippen molar-refractivity contribution in [1.29, 1.82) is 0 Å². The molecule has 0 bridgehead atoms. The summed E-state index contributed by atoms with van der Waals surface area (Å²) in [7, 11) is 1.54. The van der Waals surface area contributed by atoms with Crippen molar-refractivity contribution in [2.45, 2.75) is 32.2 Å². The first-order valence-corrected chi connectivity index (χ1v) is 8.05. The van der Waals surface area contributed by atoms with E-state index in [-0.39, 0.29) is 11.9 Å². The van der Waals surface area contributed by atoms with Crippen LogP contribution in [0, 0.1) is 0 Å². The molecule has 1 amide bonds. The van der Waals surface area contributed by atoms with E-state index in [9.17, 15) is 4.79 Å². The topological polar surface area (TPSA) is 59.6 Å². The van der Waals surface area contributed by atoms with Crippen molar-refractivity contribution in [2.24, 2.45) is 0 Å². The maximum absolute atomic E-state index is 12.4. The smallest absolute Gasteiger partial charge is 0.251 e. The molecule has 1 aliphatic rings. The lowest BCUT2D eigenvalue weighted by Crippen LogP contribution is -2.42. The number of hydrogen-bond acceptors (Lipinski definition) is 4. The molecule has 1 heterocycles. The fourth-order valence-corrected chi connectivity index (χ4v) is 2.70. The van der Waals surface area contributed by atoms with Gasteiger partial charge >= 0.3 is 0 Å². The highest BCUT2D eigenvalue weighted by Gasteiger charge is 2.19. The van der Waals surface area contributed by atoms with Gasteiger partial charge in [0.25, 0.3) is 5.91 Å². The Hall–Kier alpha value is -1.46. The normalized spacial score (nSPS) is 15.4. The van der Waals surface area contributed by atoms with Crippen LogP contribution in [0.3, 0.4) is 0 Å². The standard InChI is InChI=1S/C16H23ClN2O3/c1-3-8-22-15-13(17)9-11(10-14(15)21-2)16(20)19-12-4-6-18-7-5-12/h9-10,12,18H,3-8H2,1-2H3,(H,19,20). The highest BCUT2D eigenvalue weighted by atomic mass is 35.5. The van der Waals surface area contributed by atoms with Crippen LogP contribution in [0.2, 0.25) is 5.02 Å². The molecule has 1 aromatic carbocycles. The Balaban J connectivity index is 2.12. The zero-order chi connectivity index (χ0) is 15.9. The number of benzene rings is 1. The summed E-state index contributed by atoms with van der Waals surface area (Å²) in [5.74, 6) is 0.843. The molecule has 0 aliphatic carbocycles. The van der Waals surface area contributed by atoms with E-state index in [1.807, 2.05) is 6.92 Å². The van der Waals surface area contributed by atoms with E-state index in [1.54, 1.807) is 19.2 Å². The fourth-order valence-electron chi connectivity index (χ4n) is 2.43.